The van der Waals surface area contributed by atoms with Gasteiger partial charge in [0.25, 0.3) is 0 Å². The summed E-state index contributed by atoms with van der Waals surface area (Å²) in [4.78, 5) is 11.1. The van der Waals surface area contributed by atoms with Gasteiger partial charge in [-0.2, -0.15) is 0 Å². The van der Waals surface area contributed by atoms with Crippen LogP contribution < -0.4 is 16.2 Å². The Morgan fingerprint density at radius 1 is 1.22 bits per heavy atom. The lowest BCUT2D eigenvalue weighted by atomic mass is 10.1. The van der Waals surface area contributed by atoms with Gasteiger partial charge in [-0.3, -0.25) is 4.79 Å². The summed E-state index contributed by atoms with van der Waals surface area (Å²) in [7, 11) is 0. The second-order valence-corrected chi connectivity index (χ2v) is 4.04. The third-order valence-electron chi connectivity index (χ3n) is 2.64. The van der Waals surface area contributed by atoms with E-state index in [1.54, 1.807) is 24.3 Å². The molecule has 2 aromatic rings. The normalized spacial score (nSPS) is 10.3. The van der Waals surface area contributed by atoms with E-state index in [0.29, 0.717) is 17.1 Å². The van der Waals surface area contributed by atoms with E-state index in [2.05, 4.69) is 6.58 Å². The average molecular weight is 242 g/mol. The first-order valence-corrected chi connectivity index (χ1v) is 5.44. The summed E-state index contributed by atoms with van der Waals surface area (Å²) < 4.78 is 5.44. The standard InChI is InChI=1S/C14H14N2O2/c1-8(17)9(2)18-14-5-3-4-11-12(14)6-10(15)7-13(11)16/h3-7H,2,15-16H2,1H3. The monoisotopic (exact) mass is 242 g/mol. The Hall–Kier alpha value is -2.49. The van der Waals surface area contributed by atoms with Crippen LogP contribution in [0.4, 0.5) is 11.4 Å². The molecule has 0 saturated carbocycles. The van der Waals surface area contributed by atoms with Crippen LogP contribution >= 0.6 is 0 Å². The number of anilines is 2. The average Bonchev–Trinajstić information content (AvgIpc) is 2.29. The van der Waals surface area contributed by atoms with Crippen LogP contribution in [-0.2, 0) is 4.79 Å². The molecule has 0 fully saturated rings. The van der Waals surface area contributed by atoms with Crippen LogP contribution in [-0.4, -0.2) is 5.78 Å². The molecule has 0 aliphatic heterocycles. The van der Waals surface area contributed by atoms with Crippen molar-refractivity contribution in [1.29, 1.82) is 0 Å². The molecule has 0 bridgehead atoms. The first-order valence-electron chi connectivity index (χ1n) is 5.44. The number of fused-ring (bicyclic) bond motifs is 1. The topological polar surface area (TPSA) is 78.3 Å². The zero-order chi connectivity index (χ0) is 13.3. The minimum absolute atomic E-state index is 0.0866. The van der Waals surface area contributed by atoms with Crippen LogP contribution in [0.3, 0.4) is 0 Å². The molecule has 0 spiro atoms. The van der Waals surface area contributed by atoms with Gasteiger partial charge in [0.15, 0.2) is 11.5 Å². The Morgan fingerprint density at radius 3 is 2.61 bits per heavy atom. The molecule has 4 nitrogen and oxygen atoms in total. The first kappa shape index (κ1) is 12.0. The second-order valence-electron chi connectivity index (χ2n) is 4.04. The Kier molecular flexibility index (Phi) is 2.93. The molecule has 0 amide bonds. The number of Topliss-reactive ketones (excluding diaryl/α,β-unsaturated/α-hetero) is 1. The molecule has 2 aromatic carbocycles. The minimum Gasteiger partial charge on any atom is -0.454 e. The van der Waals surface area contributed by atoms with Crippen LogP contribution in [0.5, 0.6) is 5.75 Å². The van der Waals surface area contributed by atoms with Gasteiger partial charge in [0.05, 0.1) is 0 Å². The number of carbonyl (C=O) groups is 1. The number of allylic oxidation sites excluding steroid dienone is 1. The van der Waals surface area contributed by atoms with Gasteiger partial charge in [-0.1, -0.05) is 18.7 Å². The fourth-order valence-corrected chi connectivity index (χ4v) is 1.70. The molecule has 0 atom stereocenters. The van der Waals surface area contributed by atoms with Gasteiger partial charge in [0.1, 0.15) is 5.75 Å². The number of hydrogen-bond acceptors (Lipinski definition) is 4. The molecule has 4 heteroatoms. The molecule has 0 aromatic heterocycles. The van der Waals surface area contributed by atoms with Crippen LogP contribution in [0.1, 0.15) is 6.92 Å². The highest BCUT2D eigenvalue weighted by molar-refractivity contribution is 6.00. The SMILES string of the molecule is C=C(Oc1cccc2c(N)cc(N)cc12)C(C)=O. The Labute approximate surface area is 105 Å². The maximum atomic E-state index is 11.1. The minimum atomic E-state index is -0.219. The number of hydrogen-bond donors (Lipinski definition) is 2. The van der Waals surface area contributed by atoms with E-state index >= 15 is 0 Å². The third kappa shape index (κ3) is 2.13. The Balaban J connectivity index is 2.58. The van der Waals surface area contributed by atoms with E-state index < -0.39 is 0 Å². The van der Waals surface area contributed by atoms with Gasteiger partial charge in [-0.15, -0.1) is 0 Å². The fourth-order valence-electron chi connectivity index (χ4n) is 1.70. The van der Waals surface area contributed by atoms with Gasteiger partial charge < -0.3 is 16.2 Å². The number of ketones is 1. The number of ether oxygens (including phenoxy) is 1. The van der Waals surface area contributed by atoms with Crippen molar-refractivity contribution in [3.63, 3.8) is 0 Å². The number of rotatable bonds is 3. The van der Waals surface area contributed by atoms with E-state index in [1.807, 2.05) is 6.07 Å². The molecule has 92 valence electrons. The van der Waals surface area contributed by atoms with E-state index in [9.17, 15) is 4.79 Å². The summed E-state index contributed by atoms with van der Waals surface area (Å²) in [5.74, 6) is 0.388. The largest absolute Gasteiger partial charge is 0.454 e. The number of nitrogen functional groups attached to an aromatic ring is 2. The van der Waals surface area contributed by atoms with Crippen molar-refractivity contribution in [1.82, 2.24) is 0 Å². The van der Waals surface area contributed by atoms with Crippen LogP contribution in [0.15, 0.2) is 42.7 Å². The first-order chi connectivity index (χ1) is 8.49. The third-order valence-corrected chi connectivity index (χ3v) is 2.64. The summed E-state index contributed by atoms with van der Waals surface area (Å²) in [5, 5.41) is 1.59. The smallest absolute Gasteiger partial charge is 0.194 e. The second kappa shape index (κ2) is 4.41. The van der Waals surface area contributed by atoms with Gasteiger partial charge in [0, 0.05) is 29.1 Å². The summed E-state index contributed by atoms with van der Waals surface area (Å²) in [6.07, 6.45) is 0. The molecule has 0 aliphatic rings. The highest BCUT2D eigenvalue weighted by Gasteiger charge is 2.09. The van der Waals surface area contributed by atoms with Crippen molar-refractivity contribution in [2.45, 2.75) is 6.92 Å². The molecule has 4 N–H and O–H groups in total. The van der Waals surface area contributed by atoms with E-state index in [1.165, 1.54) is 6.92 Å². The molecule has 18 heavy (non-hydrogen) atoms. The number of nitrogens with two attached hydrogens (primary N) is 2. The molecular formula is C14H14N2O2. The fraction of sp³-hybridized carbons (Fsp3) is 0.0714. The highest BCUT2D eigenvalue weighted by atomic mass is 16.5. The van der Waals surface area contributed by atoms with E-state index in [0.717, 1.165) is 10.8 Å². The van der Waals surface area contributed by atoms with Gasteiger partial charge in [0.2, 0.25) is 0 Å². The molecular weight excluding hydrogens is 228 g/mol. The van der Waals surface area contributed by atoms with Gasteiger partial charge >= 0.3 is 0 Å². The Bertz CT molecular complexity index is 648. The predicted molar refractivity (Wildman–Crippen MR) is 73.2 cm³/mol. The van der Waals surface area contributed by atoms with E-state index in [-0.39, 0.29) is 11.5 Å². The zero-order valence-electron chi connectivity index (χ0n) is 10.1. The number of benzene rings is 2. The summed E-state index contributed by atoms with van der Waals surface area (Å²) >= 11 is 0. The molecule has 0 unspecified atom stereocenters. The number of carbonyl (C=O) groups excluding carboxylic acids is 1. The zero-order valence-corrected chi connectivity index (χ0v) is 10.1. The van der Waals surface area contributed by atoms with Crippen molar-refractivity contribution in [3.05, 3.63) is 42.7 Å². The lowest BCUT2D eigenvalue weighted by molar-refractivity contribution is -0.115. The molecule has 0 radical (unpaired) electrons. The summed E-state index contributed by atoms with van der Waals surface area (Å²) in [6.45, 7) is 4.97. The molecule has 2 rings (SSSR count). The van der Waals surface area contributed by atoms with Crippen molar-refractivity contribution in [3.8, 4) is 5.75 Å². The van der Waals surface area contributed by atoms with E-state index in [4.69, 9.17) is 16.2 Å². The molecule has 0 heterocycles. The quantitative estimate of drug-likeness (QED) is 0.492. The van der Waals surface area contributed by atoms with Gasteiger partial charge in [-0.25, -0.2) is 0 Å². The lowest BCUT2D eigenvalue weighted by Gasteiger charge is -2.11. The van der Waals surface area contributed by atoms with Crippen molar-refractivity contribution in [2.24, 2.45) is 0 Å². The lowest BCUT2D eigenvalue weighted by Crippen LogP contribution is -2.03. The van der Waals surface area contributed by atoms with Gasteiger partial charge in [-0.05, 0) is 18.2 Å². The molecule has 0 aliphatic carbocycles. The maximum absolute atomic E-state index is 11.1. The highest BCUT2D eigenvalue weighted by Crippen LogP contribution is 2.32. The predicted octanol–water partition coefficient (Wildman–Crippen LogP) is 2.49. The molecule has 0 saturated heterocycles. The summed E-state index contributed by atoms with van der Waals surface area (Å²) in [5.41, 5.74) is 12.8. The van der Waals surface area contributed by atoms with Crippen molar-refractivity contribution >= 4 is 27.9 Å². The van der Waals surface area contributed by atoms with Crippen molar-refractivity contribution in [2.75, 3.05) is 11.5 Å². The van der Waals surface area contributed by atoms with Crippen LogP contribution in [0.2, 0.25) is 0 Å². The van der Waals surface area contributed by atoms with Crippen LogP contribution in [0, 0.1) is 0 Å². The Morgan fingerprint density at radius 2 is 1.94 bits per heavy atom. The van der Waals surface area contributed by atoms with Crippen molar-refractivity contribution < 1.29 is 9.53 Å². The van der Waals surface area contributed by atoms with Crippen LogP contribution in [0.25, 0.3) is 10.8 Å². The summed E-state index contributed by atoms with van der Waals surface area (Å²) in [6, 6.07) is 8.86. The maximum Gasteiger partial charge on any atom is 0.194 e.